The number of amides is 1. The van der Waals surface area contributed by atoms with Crippen molar-refractivity contribution in [3.8, 4) is 5.75 Å². The van der Waals surface area contributed by atoms with Crippen molar-refractivity contribution >= 4 is 17.4 Å². The highest BCUT2D eigenvalue weighted by molar-refractivity contribution is 6.46. The topological polar surface area (TPSA) is 113 Å². The lowest BCUT2D eigenvalue weighted by Crippen LogP contribution is -2.31. The zero-order chi connectivity index (χ0) is 22.8. The number of likely N-dealkylation sites (tertiary alicyclic amines) is 1. The second-order valence-electron chi connectivity index (χ2n) is 7.73. The van der Waals surface area contributed by atoms with Crippen LogP contribution < -0.4 is 4.74 Å². The number of H-pyrrole nitrogens is 1. The van der Waals surface area contributed by atoms with E-state index in [1.807, 2.05) is 16.8 Å². The zero-order valence-electron chi connectivity index (χ0n) is 18.2. The Morgan fingerprint density at radius 1 is 1.25 bits per heavy atom. The van der Waals surface area contributed by atoms with E-state index in [1.165, 1.54) is 4.90 Å². The molecule has 2 N–H and O–H groups in total. The first-order chi connectivity index (χ1) is 15.4. The van der Waals surface area contributed by atoms with Crippen LogP contribution in [0.1, 0.15) is 35.0 Å². The number of methoxy groups -OCH3 is 1. The van der Waals surface area contributed by atoms with Crippen LogP contribution in [0, 0.1) is 13.8 Å². The maximum absolute atomic E-state index is 13.1. The summed E-state index contributed by atoms with van der Waals surface area (Å²) in [7, 11) is 1.55. The average molecular weight is 435 g/mol. The first-order valence-corrected chi connectivity index (χ1v) is 10.3. The Morgan fingerprint density at radius 2 is 2.06 bits per heavy atom. The summed E-state index contributed by atoms with van der Waals surface area (Å²) < 4.78 is 7.26. The zero-order valence-corrected chi connectivity index (χ0v) is 18.2. The number of aliphatic hydroxyl groups is 1. The molecule has 9 heteroatoms. The number of aryl methyl sites for hydroxylation is 3. The number of hydrogen-bond donors (Lipinski definition) is 2. The number of imidazole rings is 1. The Hall–Kier alpha value is -3.88. The van der Waals surface area contributed by atoms with Gasteiger partial charge in [0.05, 0.1) is 36.3 Å². The number of carbonyl (C=O) groups is 2. The van der Waals surface area contributed by atoms with Crippen LogP contribution in [0.3, 0.4) is 0 Å². The normalized spacial score (nSPS) is 17.8. The van der Waals surface area contributed by atoms with Crippen LogP contribution >= 0.6 is 0 Å². The minimum Gasteiger partial charge on any atom is -0.507 e. The van der Waals surface area contributed by atoms with Crippen molar-refractivity contribution in [3.63, 3.8) is 0 Å². The number of Topliss-reactive ketones (excluding diaryl/α,β-unsaturated/α-hetero) is 1. The van der Waals surface area contributed by atoms with Crippen LogP contribution in [0.5, 0.6) is 5.75 Å². The summed E-state index contributed by atoms with van der Waals surface area (Å²) >= 11 is 0. The summed E-state index contributed by atoms with van der Waals surface area (Å²) in [5.74, 6) is -0.971. The highest BCUT2D eigenvalue weighted by atomic mass is 16.5. The van der Waals surface area contributed by atoms with Crippen LogP contribution in [0.15, 0.2) is 48.6 Å². The Morgan fingerprint density at radius 3 is 2.72 bits per heavy atom. The summed E-state index contributed by atoms with van der Waals surface area (Å²) in [6.45, 7) is 4.48. The fourth-order valence-corrected chi connectivity index (χ4v) is 4.15. The Kier molecular flexibility index (Phi) is 5.81. The molecule has 3 aromatic rings. The van der Waals surface area contributed by atoms with Gasteiger partial charge in [0.2, 0.25) is 0 Å². The molecule has 1 unspecified atom stereocenters. The molecule has 0 spiro atoms. The molecule has 166 valence electrons. The summed E-state index contributed by atoms with van der Waals surface area (Å²) in [6.07, 6.45) is 5.86. The van der Waals surface area contributed by atoms with E-state index in [9.17, 15) is 14.7 Å². The van der Waals surface area contributed by atoms with E-state index < -0.39 is 17.7 Å². The number of nitrogens with zero attached hydrogens (tertiary/aromatic N) is 4. The number of ether oxygens (including phenoxy) is 1. The number of carbonyl (C=O) groups excluding carboxylic acids is 2. The van der Waals surface area contributed by atoms with E-state index in [1.54, 1.807) is 51.7 Å². The van der Waals surface area contributed by atoms with E-state index in [4.69, 9.17) is 4.74 Å². The molecule has 1 fully saturated rings. The first kappa shape index (κ1) is 21.4. The van der Waals surface area contributed by atoms with Gasteiger partial charge in [0.1, 0.15) is 11.5 Å². The average Bonchev–Trinajstić information content (AvgIpc) is 3.49. The maximum atomic E-state index is 13.1. The van der Waals surface area contributed by atoms with Crippen LogP contribution in [0.2, 0.25) is 0 Å². The molecule has 1 saturated heterocycles. The second-order valence-corrected chi connectivity index (χ2v) is 7.73. The van der Waals surface area contributed by atoms with Crippen molar-refractivity contribution in [2.75, 3.05) is 13.7 Å². The third kappa shape index (κ3) is 3.77. The molecule has 0 saturated carbocycles. The van der Waals surface area contributed by atoms with Gasteiger partial charge in [0.15, 0.2) is 0 Å². The quantitative estimate of drug-likeness (QED) is 0.335. The predicted molar refractivity (Wildman–Crippen MR) is 117 cm³/mol. The van der Waals surface area contributed by atoms with E-state index in [0.717, 1.165) is 0 Å². The molecule has 0 radical (unpaired) electrons. The molecule has 1 amide bonds. The molecule has 1 atom stereocenters. The van der Waals surface area contributed by atoms with Crippen molar-refractivity contribution in [3.05, 3.63) is 71.1 Å². The van der Waals surface area contributed by atoms with Crippen LogP contribution in [-0.4, -0.2) is 55.1 Å². The van der Waals surface area contributed by atoms with Crippen molar-refractivity contribution in [2.24, 2.45) is 0 Å². The number of benzene rings is 1. The number of nitrogens with one attached hydrogen (secondary N) is 1. The predicted octanol–water partition coefficient (Wildman–Crippen LogP) is 2.74. The summed E-state index contributed by atoms with van der Waals surface area (Å²) in [5.41, 5.74) is 2.35. The molecule has 0 bridgehead atoms. The minimum atomic E-state index is -0.735. The number of rotatable bonds is 7. The molecular weight excluding hydrogens is 410 g/mol. The third-order valence-electron chi connectivity index (χ3n) is 5.69. The van der Waals surface area contributed by atoms with Crippen LogP contribution in [-0.2, 0) is 16.1 Å². The Labute approximate surface area is 185 Å². The molecular formula is C23H25N5O4. The van der Waals surface area contributed by atoms with Crippen LogP contribution in [0.25, 0.3) is 5.76 Å². The monoisotopic (exact) mass is 435 g/mol. The second kappa shape index (κ2) is 8.70. The SMILES string of the molecule is COc1cccc(C2C(=C(O)c3c(C)n[nH]c3C)C(=O)C(=O)N2CCCn2ccnc2)c1. The maximum Gasteiger partial charge on any atom is 0.295 e. The largest absolute Gasteiger partial charge is 0.507 e. The van der Waals surface area contributed by atoms with Gasteiger partial charge >= 0.3 is 0 Å². The summed E-state index contributed by atoms with van der Waals surface area (Å²) in [5, 5.41) is 18.1. The van der Waals surface area contributed by atoms with Gasteiger partial charge in [-0.25, -0.2) is 4.98 Å². The molecule has 32 heavy (non-hydrogen) atoms. The van der Waals surface area contributed by atoms with Gasteiger partial charge in [0.25, 0.3) is 11.7 Å². The van der Waals surface area contributed by atoms with Crippen molar-refractivity contribution < 1.29 is 19.4 Å². The lowest BCUT2D eigenvalue weighted by Gasteiger charge is -2.25. The van der Waals surface area contributed by atoms with Crippen LogP contribution in [0.4, 0.5) is 0 Å². The molecule has 3 heterocycles. The summed E-state index contributed by atoms with van der Waals surface area (Å²) in [4.78, 5) is 31.7. The number of aromatic amines is 1. The van der Waals surface area contributed by atoms with Crippen molar-refractivity contribution in [2.45, 2.75) is 32.9 Å². The van der Waals surface area contributed by atoms with Gasteiger partial charge in [-0.2, -0.15) is 5.10 Å². The molecule has 0 aliphatic carbocycles. The van der Waals surface area contributed by atoms with Crippen molar-refractivity contribution in [1.82, 2.24) is 24.6 Å². The minimum absolute atomic E-state index is 0.0542. The Bertz CT molecular complexity index is 1160. The first-order valence-electron chi connectivity index (χ1n) is 10.3. The standard InChI is InChI=1S/C23H25N5O4/c1-14-18(15(2)26-25-14)21(29)19-20(16-6-4-7-17(12-16)32-3)28(23(31)22(19)30)10-5-9-27-11-8-24-13-27/h4,6-8,11-13,20,29H,5,9-10H2,1-3H3,(H,25,26). The smallest absolute Gasteiger partial charge is 0.295 e. The third-order valence-corrected chi connectivity index (χ3v) is 5.69. The van der Waals surface area contributed by atoms with E-state index >= 15 is 0 Å². The molecule has 1 aliphatic heterocycles. The lowest BCUT2D eigenvalue weighted by molar-refractivity contribution is -0.139. The van der Waals surface area contributed by atoms with Gasteiger partial charge in [-0.1, -0.05) is 12.1 Å². The number of hydrogen-bond acceptors (Lipinski definition) is 6. The van der Waals surface area contributed by atoms with Gasteiger partial charge in [-0.05, 0) is 38.0 Å². The van der Waals surface area contributed by atoms with Gasteiger partial charge in [-0.15, -0.1) is 0 Å². The van der Waals surface area contributed by atoms with E-state index in [2.05, 4.69) is 15.2 Å². The highest BCUT2D eigenvalue weighted by Crippen LogP contribution is 2.41. The molecule has 1 aromatic carbocycles. The van der Waals surface area contributed by atoms with Gasteiger partial charge < -0.3 is 19.3 Å². The fourth-order valence-electron chi connectivity index (χ4n) is 4.15. The molecule has 1 aliphatic rings. The van der Waals surface area contributed by atoms with E-state index in [0.29, 0.717) is 47.8 Å². The van der Waals surface area contributed by atoms with E-state index in [-0.39, 0.29) is 11.3 Å². The highest BCUT2D eigenvalue weighted by Gasteiger charge is 2.46. The Balaban J connectivity index is 1.77. The lowest BCUT2D eigenvalue weighted by atomic mass is 9.94. The fraction of sp³-hybridized carbons (Fsp3) is 0.304. The molecule has 4 rings (SSSR count). The van der Waals surface area contributed by atoms with Gasteiger partial charge in [-0.3, -0.25) is 14.7 Å². The van der Waals surface area contributed by atoms with Gasteiger partial charge in [0, 0.05) is 31.2 Å². The molecule has 9 nitrogen and oxygen atoms in total. The number of aromatic nitrogens is 4. The van der Waals surface area contributed by atoms with Crippen molar-refractivity contribution in [1.29, 1.82) is 0 Å². The summed E-state index contributed by atoms with van der Waals surface area (Å²) in [6, 6.07) is 6.46. The number of aliphatic hydroxyl groups excluding tert-OH is 1. The number of ketones is 1. The molecule has 2 aromatic heterocycles.